The number of thiazole rings is 1. The molecule has 10 heteroatoms. The van der Waals surface area contributed by atoms with Crippen LogP contribution in [0, 0.1) is 6.92 Å². The Hall–Kier alpha value is -2.07. The molecular formula is C10H8N6O2S2. The van der Waals surface area contributed by atoms with Crippen LogP contribution in [-0.2, 0) is 11.2 Å². The molecule has 8 nitrogen and oxygen atoms in total. The van der Waals surface area contributed by atoms with Gasteiger partial charge in [-0.2, -0.15) is 0 Å². The minimum absolute atomic E-state index is 0.0104. The van der Waals surface area contributed by atoms with Gasteiger partial charge in [0.1, 0.15) is 5.03 Å². The van der Waals surface area contributed by atoms with Crippen LogP contribution >= 0.6 is 23.1 Å². The molecule has 0 aliphatic carbocycles. The highest BCUT2D eigenvalue weighted by molar-refractivity contribution is 8.01. The molecule has 0 amide bonds. The number of hydrogen-bond donors (Lipinski definition) is 1. The normalized spacial score (nSPS) is 11.1. The molecule has 0 unspecified atom stereocenters. The number of aryl methyl sites for hydroxylation is 1. The van der Waals surface area contributed by atoms with E-state index in [0.29, 0.717) is 10.7 Å². The quantitative estimate of drug-likeness (QED) is 0.762. The van der Waals surface area contributed by atoms with Crippen LogP contribution in [-0.4, -0.2) is 41.3 Å². The minimum Gasteiger partial charge on any atom is -0.481 e. The van der Waals surface area contributed by atoms with Crippen LogP contribution in [0.4, 0.5) is 0 Å². The molecule has 0 saturated heterocycles. The molecule has 20 heavy (non-hydrogen) atoms. The summed E-state index contributed by atoms with van der Waals surface area (Å²) in [7, 11) is 0. The third kappa shape index (κ3) is 2.60. The van der Waals surface area contributed by atoms with Crippen molar-refractivity contribution in [3.63, 3.8) is 0 Å². The summed E-state index contributed by atoms with van der Waals surface area (Å²) in [5, 5.41) is 24.7. The lowest BCUT2D eigenvalue weighted by atomic mass is 10.3. The Bertz CT molecular complexity index is 783. The molecule has 0 bridgehead atoms. The molecule has 3 rings (SSSR count). The zero-order valence-corrected chi connectivity index (χ0v) is 11.9. The van der Waals surface area contributed by atoms with Crippen LogP contribution in [0.2, 0.25) is 0 Å². The molecule has 0 spiro atoms. The molecule has 0 saturated carbocycles. The van der Waals surface area contributed by atoms with Gasteiger partial charge in [0.2, 0.25) is 0 Å². The van der Waals surface area contributed by atoms with E-state index in [-0.39, 0.29) is 6.42 Å². The highest BCUT2D eigenvalue weighted by Gasteiger charge is 2.13. The van der Waals surface area contributed by atoms with Crippen molar-refractivity contribution in [3.8, 4) is 0 Å². The molecule has 3 aromatic rings. The minimum atomic E-state index is -0.860. The summed E-state index contributed by atoms with van der Waals surface area (Å²) < 4.78 is 2.08. The molecule has 0 aliphatic heterocycles. The van der Waals surface area contributed by atoms with Gasteiger partial charge < -0.3 is 5.11 Å². The average molecular weight is 308 g/mol. The van der Waals surface area contributed by atoms with Gasteiger partial charge in [0.05, 0.1) is 12.1 Å². The third-order valence-electron chi connectivity index (χ3n) is 2.42. The van der Waals surface area contributed by atoms with E-state index in [1.165, 1.54) is 27.7 Å². The standard InChI is InChI=1S/C10H8N6O2S2/c1-5-6(4-9(17)18)19-10(11-5)20-8-3-2-7-12-14-15-16(7)13-8/h2-3H,4H2,1H3,(H,17,18). The molecule has 0 fully saturated rings. The summed E-state index contributed by atoms with van der Waals surface area (Å²) in [5.74, 6) is -0.860. The second-order valence-electron chi connectivity index (χ2n) is 3.86. The predicted octanol–water partition coefficient (Wildman–Crippen LogP) is 1.06. The lowest BCUT2D eigenvalue weighted by Gasteiger charge is -1.95. The number of fused-ring (bicyclic) bond motifs is 1. The fraction of sp³-hybridized carbons (Fsp3) is 0.200. The first-order chi connectivity index (χ1) is 9.61. The number of carbonyl (C=O) groups is 1. The fourth-order valence-corrected chi connectivity index (χ4v) is 3.65. The van der Waals surface area contributed by atoms with Gasteiger partial charge in [-0.3, -0.25) is 4.79 Å². The summed E-state index contributed by atoms with van der Waals surface area (Å²) in [6.07, 6.45) is -0.0104. The first kappa shape index (κ1) is 12.9. The lowest BCUT2D eigenvalue weighted by molar-refractivity contribution is -0.136. The van der Waals surface area contributed by atoms with Crippen LogP contribution in [0.3, 0.4) is 0 Å². The smallest absolute Gasteiger partial charge is 0.308 e. The predicted molar refractivity (Wildman–Crippen MR) is 70.9 cm³/mol. The number of aromatic nitrogens is 6. The van der Waals surface area contributed by atoms with Gasteiger partial charge in [0.15, 0.2) is 9.99 Å². The Balaban J connectivity index is 1.84. The molecule has 1 N–H and O–H groups in total. The molecule has 0 aromatic carbocycles. The van der Waals surface area contributed by atoms with E-state index in [1.54, 1.807) is 19.1 Å². The number of rotatable bonds is 4. The largest absolute Gasteiger partial charge is 0.481 e. The number of carboxylic acids is 1. The average Bonchev–Trinajstić information content (AvgIpc) is 2.96. The number of carboxylic acid groups (broad SMARTS) is 1. The van der Waals surface area contributed by atoms with Crippen molar-refractivity contribution < 1.29 is 9.90 Å². The zero-order valence-electron chi connectivity index (χ0n) is 10.2. The SMILES string of the molecule is Cc1nc(Sc2ccc3nnnn3n2)sc1CC(=O)O. The van der Waals surface area contributed by atoms with Gasteiger partial charge in [-0.1, -0.05) is 0 Å². The van der Waals surface area contributed by atoms with Crippen molar-refractivity contribution in [2.75, 3.05) is 0 Å². The van der Waals surface area contributed by atoms with Crippen LogP contribution in [0.1, 0.15) is 10.6 Å². The van der Waals surface area contributed by atoms with Crippen molar-refractivity contribution in [3.05, 3.63) is 22.7 Å². The second-order valence-corrected chi connectivity index (χ2v) is 6.21. The molecule has 3 aromatic heterocycles. The van der Waals surface area contributed by atoms with Gasteiger partial charge in [-0.15, -0.1) is 26.2 Å². The Morgan fingerprint density at radius 2 is 2.35 bits per heavy atom. The first-order valence-corrected chi connectivity index (χ1v) is 7.16. The van der Waals surface area contributed by atoms with Gasteiger partial charge in [-0.05, 0) is 41.2 Å². The summed E-state index contributed by atoms with van der Waals surface area (Å²) in [5.41, 5.74) is 1.31. The van der Waals surface area contributed by atoms with Gasteiger partial charge in [-0.25, -0.2) is 4.98 Å². The summed E-state index contributed by atoms with van der Waals surface area (Å²) in [6, 6.07) is 3.55. The van der Waals surface area contributed by atoms with E-state index in [4.69, 9.17) is 5.11 Å². The second kappa shape index (κ2) is 5.13. The molecule has 102 valence electrons. The molecule has 0 radical (unpaired) electrons. The third-order valence-corrected chi connectivity index (χ3v) is 4.57. The monoisotopic (exact) mass is 308 g/mol. The van der Waals surface area contributed by atoms with Crippen molar-refractivity contribution in [2.24, 2.45) is 0 Å². The van der Waals surface area contributed by atoms with Crippen LogP contribution in [0.15, 0.2) is 21.5 Å². The highest BCUT2D eigenvalue weighted by Crippen LogP contribution is 2.31. The van der Waals surface area contributed by atoms with Gasteiger partial charge >= 0.3 is 5.97 Å². The van der Waals surface area contributed by atoms with Gasteiger partial charge in [0.25, 0.3) is 0 Å². The van der Waals surface area contributed by atoms with Gasteiger partial charge in [0, 0.05) is 4.88 Å². The van der Waals surface area contributed by atoms with Crippen LogP contribution < -0.4 is 0 Å². The molecule has 0 atom stereocenters. The van der Waals surface area contributed by atoms with Crippen molar-refractivity contribution in [1.82, 2.24) is 30.2 Å². The lowest BCUT2D eigenvalue weighted by Crippen LogP contribution is -1.99. The Labute approximate surface area is 120 Å². The Morgan fingerprint density at radius 3 is 3.15 bits per heavy atom. The van der Waals surface area contributed by atoms with E-state index in [2.05, 4.69) is 25.6 Å². The molecule has 0 aliphatic rings. The number of tetrazole rings is 1. The fourth-order valence-electron chi connectivity index (χ4n) is 1.52. The van der Waals surface area contributed by atoms with E-state index in [0.717, 1.165) is 14.9 Å². The Morgan fingerprint density at radius 1 is 1.50 bits per heavy atom. The zero-order chi connectivity index (χ0) is 14.1. The molecule has 3 heterocycles. The van der Waals surface area contributed by atoms with Crippen LogP contribution in [0.25, 0.3) is 5.65 Å². The summed E-state index contributed by atoms with van der Waals surface area (Å²) in [6.45, 7) is 1.80. The summed E-state index contributed by atoms with van der Waals surface area (Å²) >= 11 is 2.72. The first-order valence-electron chi connectivity index (χ1n) is 5.53. The number of nitrogens with zero attached hydrogens (tertiary/aromatic N) is 6. The summed E-state index contributed by atoms with van der Waals surface area (Å²) in [4.78, 5) is 15.8. The number of aliphatic carboxylic acids is 1. The maximum atomic E-state index is 10.7. The highest BCUT2D eigenvalue weighted by atomic mass is 32.2. The maximum absolute atomic E-state index is 10.7. The molecular weight excluding hydrogens is 300 g/mol. The van der Waals surface area contributed by atoms with Crippen molar-refractivity contribution >= 4 is 34.7 Å². The maximum Gasteiger partial charge on any atom is 0.308 e. The number of hydrogen-bond acceptors (Lipinski definition) is 8. The van der Waals surface area contributed by atoms with E-state index in [1.807, 2.05) is 0 Å². The topological polar surface area (TPSA) is 106 Å². The van der Waals surface area contributed by atoms with Crippen molar-refractivity contribution in [2.45, 2.75) is 22.7 Å². The van der Waals surface area contributed by atoms with Crippen LogP contribution in [0.5, 0.6) is 0 Å². The van der Waals surface area contributed by atoms with E-state index >= 15 is 0 Å². The van der Waals surface area contributed by atoms with E-state index in [9.17, 15) is 4.79 Å². The Kier molecular flexibility index (Phi) is 3.32. The van der Waals surface area contributed by atoms with E-state index < -0.39 is 5.97 Å². The van der Waals surface area contributed by atoms with Crippen molar-refractivity contribution in [1.29, 1.82) is 0 Å².